The number of anilines is 1. The molecule has 0 aliphatic rings. The second kappa shape index (κ2) is 10.0. The average Bonchev–Trinajstić information content (AvgIpc) is 3.16. The van der Waals surface area contributed by atoms with Gasteiger partial charge in [0, 0.05) is 34.6 Å². The quantitative estimate of drug-likeness (QED) is 0.510. The van der Waals surface area contributed by atoms with Gasteiger partial charge in [-0.05, 0) is 68.4 Å². The van der Waals surface area contributed by atoms with Crippen LogP contribution in [0.25, 0.3) is 10.4 Å². The van der Waals surface area contributed by atoms with Gasteiger partial charge in [0.05, 0.1) is 13.2 Å². The molecule has 2 aromatic carbocycles. The lowest BCUT2D eigenvalue weighted by Gasteiger charge is -2.28. The van der Waals surface area contributed by atoms with Crippen molar-refractivity contribution in [2.24, 2.45) is 0 Å². The molecule has 0 saturated carbocycles. The summed E-state index contributed by atoms with van der Waals surface area (Å²) in [4.78, 5) is 6.92. The number of benzene rings is 2. The van der Waals surface area contributed by atoms with Gasteiger partial charge in [-0.3, -0.25) is 4.90 Å². The largest absolute Gasteiger partial charge is 0.395 e. The van der Waals surface area contributed by atoms with Crippen molar-refractivity contribution in [2.75, 3.05) is 25.1 Å². The summed E-state index contributed by atoms with van der Waals surface area (Å²) in [5.74, 6) is -0.207. The first-order chi connectivity index (χ1) is 14.0. The molecule has 5 heteroatoms. The predicted molar refractivity (Wildman–Crippen MR) is 121 cm³/mol. The molecule has 0 amide bonds. The van der Waals surface area contributed by atoms with Crippen LogP contribution < -0.4 is 4.90 Å². The first-order valence-corrected chi connectivity index (χ1v) is 10.8. The molecule has 0 atom stereocenters. The summed E-state index contributed by atoms with van der Waals surface area (Å²) < 4.78 is 13.3. The molecule has 0 aliphatic carbocycles. The summed E-state index contributed by atoms with van der Waals surface area (Å²) in [6.07, 6.45) is 0. The Balaban J connectivity index is 1.70. The standard InChI is InChI=1S/C24H29FN2OS/c1-18(2)27(22-10-8-21(25)9-11-22)17-23-12-13-24(29-23)20-6-4-19(5-7-20)16-26(3)14-15-28/h4-13,18,28H,14-17H2,1-3H3. The molecule has 0 spiro atoms. The van der Waals surface area contributed by atoms with Crippen molar-refractivity contribution in [3.8, 4) is 10.4 Å². The fourth-order valence-electron chi connectivity index (χ4n) is 3.33. The zero-order valence-corrected chi connectivity index (χ0v) is 18.1. The maximum Gasteiger partial charge on any atom is 0.123 e. The molecular formula is C24H29FN2OS. The number of hydrogen-bond acceptors (Lipinski definition) is 4. The Bertz CT molecular complexity index is 890. The Morgan fingerprint density at radius 3 is 2.24 bits per heavy atom. The second-order valence-corrected chi connectivity index (χ2v) is 8.79. The summed E-state index contributed by atoms with van der Waals surface area (Å²) >= 11 is 1.80. The average molecular weight is 413 g/mol. The second-order valence-electron chi connectivity index (χ2n) is 7.62. The third-order valence-electron chi connectivity index (χ3n) is 4.94. The summed E-state index contributed by atoms with van der Waals surface area (Å²) in [7, 11) is 2.01. The Labute approximate surface area is 177 Å². The molecule has 3 aromatic rings. The monoisotopic (exact) mass is 412 g/mol. The minimum Gasteiger partial charge on any atom is -0.395 e. The third-order valence-corrected chi connectivity index (χ3v) is 6.06. The Morgan fingerprint density at radius 1 is 0.931 bits per heavy atom. The first kappa shape index (κ1) is 21.5. The molecule has 3 nitrogen and oxygen atoms in total. The lowest BCUT2D eigenvalue weighted by Crippen LogP contribution is -2.29. The molecule has 0 radical (unpaired) electrons. The van der Waals surface area contributed by atoms with Crippen molar-refractivity contribution in [1.29, 1.82) is 0 Å². The molecule has 0 unspecified atom stereocenters. The van der Waals surface area contributed by atoms with Crippen LogP contribution in [0.4, 0.5) is 10.1 Å². The van der Waals surface area contributed by atoms with E-state index < -0.39 is 0 Å². The van der Waals surface area contributed by atoms with E-state index in [1.807, 2.05) is 19.2 Å². The van der Waals surface area contributed by atoms with Crippen LogP contribution in [0, 0.1) is 5.82 Å². The van der Waals surface area contributed by atoms with Crippen molar-refractivity contribution < 1.29 is 9.50 Å². The maximum atomic E-state index is 13.3. The van der Waals surface area contributed by atoms with Crippen molar-refractivity contribution >= 4 is 17.0 Å². The minimum atomic E-state index is -0.207. The topological polar surface area (TPSA) is 26.7 Å². The first-order valence-electron chi connectivity index (χ1n) is 9.96. The van der Waals surface area contributed by atoms with Gasteiger partial charge in [-0.2, -0.15) is 0 Å². The van der Waals surface area contributed by atoms with Gasteiger partial charge in [0.15, 0.2) is 0 Å². The van der Waals surface area contributed by atoms with Crippen LogP contribution in [-0.2, 0) is 13.1 Å². The van der Waals surface area contributed by atoms with Crippen LogP contribution in [0.2, 0.25) is 0 Å². The van der Waals surface area contributed by atoms with Crippen LogP contribution >= 0.6 is 11.3 Å². The van der Waals surface area contributed by atoms with E-state index in [4.69, 9.17) is 5.11 Å². The van der Waals surface area contributed by atoms with Crippen LogP contribution in [0.1, 0.15) is 24.3 Å². The molecule has 1 N–H and O–H groups in total. The number of nitrogens with zero attached hydrogens (tertiary/aromatic N) is 2. The number of rotatable bonds is 9. The number of thiophene rings is 1. The minimum absolute atomic E-state index is 0.178. The lowest BCUT2D eigenvalue weighted by atomic mass is 10.1. The number of aliphatic hydroxyl groups excluding tert-OH is 1. The highest BCUT2D eigenvalue weighted by atomic mass is 32.1. The van der Waals surface area contributed by atoms with Gasteiger partial charge in [0.1, 0.15) is 5.82 Å². The third kappa shape index (κ3) is 5.89. The van der Waals surface area contributed by atoms with E-state index in [0.29, 0.717) is 12.6 Å². The Hall–Kier alpha value is -2.21. The van der Waals surface area contributed by atoms with Crippen LogP contribution in [0.3, 0.4) is 0 Å². The Kier molecular flexibility index (Phi) is 7.42. The maximum absolute atomic E-state index is 13.3. The molecule has 1 aromatic heterocycles. The van der Waals surface area contributed by atoms with Gasteiger partial charge in [-0.25, -0.2) is 4.39 Å². The zero-order chi connectivity index (χ0) is 20.8. The molecule has 0 aliphatic heterocycles. The van der Waals surface area contributed by atoms with Gasteiger partial charge < -0.3 is 10.0 Å². The van der Waals surface area contributed by atoms with Gasteiger partial charge >= 0.3 is 0 Å². The number of hydrogen-bond donors (Lipinski definition) is 1. The van der Waals surface area contributed by atoms with Crippen molar-refractivity contribution in [3.05, 3.63) is 76.9 Å². The summed E-state index contributed by atoms with van der Waals surface area (Å²) in [5.41, 5.74) is 3.49. The smallest absolute Gasteiger partial charge is 0.123 e. The van der Waals surface area contributed by atoms with Crippen molar-refractivity contribution in [1.82, 2.24) is 4.90 Å². The van der Waals surface area contributed by atoms with E-state index in [0.717, 1.165) is 18.8 Å². The zero-order valence-electron chi connectivity index (χ0n) is 17.3. The Morgan fingerprint density at radius 2 is 1.62 bits per heavy atom. The summed E-state index contributed by atoms with van der Waals surface area (Å²) in [6.45, 7) is 6.80. The SMILES string of the molecule is CC(C)N(Cc1ccc(-c2ccc(CN(C)CCO)cc2)s1)c1ccc(F)cc1. The molecule has 1 heterocycles. The molecule has 3 rings (SSSR count). The fourth-order valence-corrected chi connectivity index (χ4v) is 4.34. The predicted octanol–water partition coefficient (Wildman–Crippen LogP) is 5.39. The number of halogens is 1. The van der Waals surface area contributed by atoms with Crippen LogP contribution in [-0.4, -0.2) is 36.2 Å². The molecule has 0 fully saturated rings. The molecular weight excluding hydrogens is 383 g/mol. The van der Waals surface area contributed by atoms with Gasteiger partial charge in [-0.1, -0.05) is 24.3 Å². The molecule has 29 heavy (non-hydrogen) atoms. The van der Waals surface area contributed by atoms with E-state index in [2.05, 4.69) is 60.0 Å². The van der Waals surface area contributed by atoms with E-state index in [-0.39, 0.29) is 12.4 Å². The summed E-state index contributed by atoms with van der Waals surface area (Å²) in [5, 5.41) is 9.03. The molecule has 0 saturated heterocycles. The van der Waals surface area contributed by atoms with E-state index in [9.17, 15) is 4.39 Å². The van der Waals surface area contributed by atoms with Gasteiger partial charge in [0.25, 0.3) is 0 Å². The molecule has 154 valence electrons. The highest BCUT2D eigenvalue weighted by Crippen LogP contribution is 2.31. The lowest BCUT2D eigenvalue weighted by molar-refractivity contribution is 0.217. The van der Waals surface area contributed by atoms with Gasteiger partial charge in [0.2, 0.25) is 0 Å². The highest BCUT2D eigenvalue weighted by Gasteiger charge is 2.13. The fraction of sp³-hybridized carbons (Fsp3) is 0.333. The highest BCUT2D eigenvalue weighted by molar-refractivity contribution is 7.15. The summed E-state index contributed by atoms with van der Waals surface area (Å²) in [6, 6.07) is 20.0. The van der Waals surface area contributed by atoms with Crippen LogP contribution in [0.15, 0.2) is 60.7 Å². The van der Waals surface area contributed by atoms with Gasteiger partial charge in [-0.15, -0.1) is 11.3 Å². The van der Waals surface area contributed by atoms with Crippen molar-refractivity contribution in [2.45, 2.75) is 33.0 Å². The normalized spacial score (nSPS) is 11.4. The number of likely N-dealkylation sites (N-methyl/N-ethyl adjacent to an activating group) is 1. The van der Waals surface area contributed by atoms with Crippen LogP contribution in [0.5, 0.6) is 0 Å². The number of aliphatic hydroxyl groups is 1. The molecule has 0 bridgehead atoms. The van der Waals surface area contributed by atoms with Crippen molar-refractivity contribution in [3.63, 3.8) is 0 Å². The van der Waals surface area contributed by atoms with E-state index >= 15 is 0 Å². The van der Waals surface area contributed by atoms with E-state index in [1.54, 1.807) is 11.3 Å². The van der Waals surface area contributed by atoms with E-state index in [1.165, 1.54) is 33.0 Å².